The number of carboxylic acids is 1. The second-order valence-corrected chi connectivity index (χ2v) is 5.56. The van der Waals surface area contributed by atoms with Crippen LogP contribution in [0.1, 0.15) is 25.8 Å². The SMILES string of the molecule is CC(C)(CCNCc1ccc([N+](=O)[O-])cc1Cl)C(=O)O. The van der Waals surface area contributed by atoms with E-state index in [0.717, 1.165) is 5.56 Å². The van der Waals surface area contributed by atoms with Crippen LogP contribution < -0.4 is 5.32 Å². The van der Waals surface area contributed by atoms with Gasteiger partial charge in [-0.05, 0) is 38.4 Å². The van der Waals surface area contributed by atoms with Crippen molar-refractivity contribution in [1.82, 2.24) is 5.32 Å². The normalized spacial score (nSPS) is 11.3. The second kappa shape index (κ2) is 6.67. The molecule has 0 radical (unpaired) electrons. The average Bonchev–Trinajstić information content (AvgIpc) is 2.35. The Morgan fingerprint density at radius 2 is 2.15 bits per heavy atom. The van der Waals surface area contributed by atoms with Crippen molar-refractivity contribution in [2.75, 3.05) is 6.54 Å². The van der Waals surface area contributed by atoms with E-state index >= 15 is 0 Å². The van der Waals surface area contributed by atoms with Crippen LogP contribution in [-0.2, 0) is 11.3 Å². The van der Waals surface area contributed by atoms with Gasteiger partial charge in [-0.25, -0.2) is 0 Å². The third kappa shape index (κ3) is 4.47. The number of benzene rings is 1. The standard InChI is InChI=1S/C13H17ClN2O4/c1-13(2,12(17)18)5-6-15-8-9-3-4-10(16(19)20)7-11(9)14/h3-4,7,15H,5-6,8H2,1-2H3,(H,17,18). The minimum atomic E-state index is -0.840. The molecule has 0 aromatic heterocycles. The number of rotatable bonds is 7. The van der Waals surface area contributed by atoms with Crippen LogP contribution in [0.4, 0.5) is 5.69 Å². The summed E-state index contributed by atoms with van der Waals surface area (Å²) < 4.78 is 0. The molecule has 1 aromatic rings. The van der Waals surface area contributed by atoms with E-state index in [1.165, 1.54) is 12.1 Å². The number of non-ortho nitro benzene ring substituents is 1. The van der Waals surface area contributed by atoms with E-state index in [-0.39, 0.29) is 5.69 Å². The summed E-state index contributed by atoms with van der Waals surface area (Å²) >= 11 is 5.95. The van der Waals surface area contributed by atoms with Crippen LogP contribution in [0.2, 0.25) is 5.02 Å². The van der Waals surface area contributed by atoms with Crippen LogP contribution in [-0.4, -0.2) is 22.5 Å². The summed E-state index contributed by atoms with van der Waals surface area (Å²) in [4.78, 5) is 21.0. The summed E-state index contributed by atoms with van der Waals surface area (Å²) in [7, 11) is 0. The molecule has 1 aromatic carbocycles. The largest absolute Gasteiger partial charge is 0.481 e. The van der Waals surface area contributed by atoms with Crippen LogP contribution in [0.15, 0.2) is 18.2 Å². The number of aliphatic carboxylic acids is 1. The molecule has 0 atom stereocenters. The molecule has 7 heteroatoms. The van der Waals surface area contributed by atoms with E-state index in [1.54, 1.807) is 19.9 Å². The van der Waals surface area contributed by atoms with E-state index in [4.69, 9.17) is 16.7 Å². The first-order valence-corrected chi connectivity index (χ1v) is 6.49. The third-order valence-electron chi connectivity index (χ3n) is 3.07. The van der Waals surface area contributed by atoms with Gasteiger partial charge in [0.2, 0.25) is 0 Å². The zero-order valence-corrected chi connectivity index (χ0v) is 12.1. The highest BCUT2D eigenvalue weighted by molar-refractivity contribution is 6.31. The first kappa shape index (κ1) is 16.4. The molecule has 0 saturated heterocycles. The van der Waals surface area contributed by atoms with Gasteiger partial charge in [0.1, 0.15) is 0 Å². The number of nitro benzene ring substituents is 1. The minimum Gasteiger partial charge on any atom is -0.481 e. The smallest absolute Gasteiger partial charge is 0.309 e. The number of nitrogens with one attached hydrogen (secondary N) is 1. The fourth-order valence-corrected chi connectivity index (χ4v) is 1.77. The molecule has 0 unspecified atom stereocenters. The monoisotopic (exact) mass is 300 g/mol. The molecule has 0 bridgehead atoms. The molecule has 6 nitrogen and oxygen atoms in total. The molecule has 0 aliphatic carbocycles. The summed E-state index contributed by atoms with van der Waals surface area (Å²) in [6.45, 7) is 4.28. The molecule has 0 aliphatic heterocycles. The summed E-state index contributed by atoms with van der Waals surface area (Å²) in [5.41, 5.74) is -0.0946. The van der Waals surface area contributed by atoms with Gasteiger partial charge >= 0.3 is 5.97 Å². The number of carbonyl (C=O) groups is 1. The molecular weight excluding hydrogens is 284 g/mol. The number of nitro groups is 1. The van der Waals surface area contributed by atoms with Gasteiger partial charge in [0.05, 0.1) is 15.4 Å². The van der Waals surface area contributed by atoms with Gasteiger partial charge < -0.3 is 10.4 Å². The van der Waals surface area contributed by atoms with Crippen LogP contribution in [0, 0.1) is 15.5 Å². The fourth-order valence-electron chi connectivity index (χ4n) is 1.52. The van der Waals surface area contributed by atoms with E-state index in [0.29, 0.717) is 24.5 Å². The molecule has 0 fully saturated rings. The molecule has 1 rings (SSSR count). The zero-order valence-electron chi connectivity index (χ0n) is 11.4. The van der Waals surface area contributed by atoms with E-state index in [9.17, 15) is 14.9 Å². The van der Waals surface area contributed by atoms with Crippen molar-refractivity contribution in [3.63, 3.8) is 0 Å². The Hall–Kier alpha value is -1.66. The first-order chi connectivity index (χ1) is 9.24. The third-order valence-corrected chi connectivity index (χ3v) is 3.42. The zero-order chi connectivity index (χ0) is 15.3. The summed E-state index contributed by atoms with van der Waals surface area (Å²) in [5.74, 6) is -0.840. The number of hydrogen-bond donors (Lipinski definition) is 2. The van der Waals surface area contributed by atoms with E-state index < -0.39 is 16.3 Å². The Kier molecular flexibility index (Phi) is 5.47. The highest BCUT2D eigenvalue weighted by Gasteiger charge is 2.26. The number of nitrogens with zero attached hydrogens (tertiary/aromatic N) is 1. The Morgan fingerprint density at radius 3 is 2.65 bits per heavy atom. The molecule has 0 saturated carbocycles. The molecule has 0 amide bonds. The van der Waals surface area contributed by atoms with Gasteiger partial charge in [-0.15, -0.1) is 0 Å². The Labute approximate surface area is 121 Å². The van der Waals surface area contributed by atoms with Gasteiger partial charge in [0.25, 0.3) is 5.69 Å². The average molecular weight is 301 g/mol. The highest BCUT2D eigenvalue weighted by atomic mass is 35.5. The molecule has 2 N–H and O–H groups in total. The lowest BCUT2D eigenvalue weighted by Crippen LogP contribution is -2.28. The van der Waals surface area contributed by atoms with Gasteiger partial charge in [0.15, 0.2) is 0 Å². The second-order valence-electron chi connectivity index (χ2n) is 5.15. The number of hydrogen-bond acceptors (Lipinski definition) is 4. The van der Waals surface area contributed by atoms with Crippen molar-refractivity contribution < 1.29 is 14.8 Å². The summed E-state index contributed by atoms with van der Waals surface area (Å²) in [6.07, 6.45) is 0.479. The van der Waals surface area contributed by atoms with E-state index in [2.05, 4.69) is 5.32 Å². The van der Waals surface area contributed by atoms with Crippen molar-refractivity contribution in [3.8, 4) is 0 Å². The van der Waals surface area contributed by atoms with Gasteiger partial charge in [-0.2, -0.15) is 0 Å². The lowest BCUT2D eigenvalue weighted by atomic mass is 9.90. The Bertz CT molecular complexity index is 517. The molecule has 0 aliphatic rings. The topological polar surface area (TPSA) is 92.5 Å². The van der Waals surface area contributed by atoms with Crippen LogP contribution in [0.5, 0.6) is 0 Å². The lowest BCUT2D eigenvalue weighted by Gasteiger charge is -2.19. The summed E-state index contributed by atoms with van der Waals surface area (Å²) in [6, 6.07) is 4.29. The van der Waals surface area contributed by atoms with Crippen molar-refractivity contribution in [2.24, 2.45) is 5.41 Å². The summed E-state index contributed by atoms with van der Waals surface area (Å²) in [5, 5.41) is 23.0. The maximum absolute atomic E-state index is 10.9. The van der Waals surface area contributed by atoms with Crippen molar-refractivity contribution in [2.45, 2.75) is 26.8 Å². The van der Waals surface area contributed by atoms with Crippen molar-refractivity contribution in [1.29, 1.82) is 0 Å². The lowest BCUT2D eigenvalue weighted by molar-refractivity contribution is -0.384. The van der Waals surface area contributed by atoms with Gasteiger partial charge in [-0.1, -0.05) is 11.6 Å². The minimum absolute atomic E-state index is 0.0502. The first-order valence-electron chi connectivity index (χ1n) is 6.11. The van der Waals surface area contributed by atoms with Crippen molar-refractivity contribution >= 4 is 23.3 Å². The van der Waals surface area contributed by atoms with Crippen LogP contribution in [0.3, 0.4) is 0 Å². The predicted octanol–water partition coefficient (Wildman–Crippen LogP) is 2.84. The molecule has 0 spiro atoms. The predicted molar refractivity (Wildman–Crippen MR) is 75.8 cm³/mol. The van der Waals surface area contributed by atoms with Crippen LogP contribution in [0.25, 0.3) is 0 Å². The molecule has 20 heavy (non-hydrogen) atoms. The molecule has 110 valence electrons. The number of carboxylic acid groups (broad SMARTS) is 1. The molecular formula is C13H17ClN2O4. The Morgan fingerprint density at radius 1 is 1.50 bits per heavy atom. The fraction of sp³-hybridized carbons (Fsp3) is 0.462. The Balaban J connectivity index is 2.51. The van der Waals surface area contributed by atoms with E-state index in [1.807, 2.05) is 0 Å². The van der Waals surface area contributed by atoms with Gasteiger partial charge in [-0.3, -0.25) is 14.9 Å². The highest BCUT2D eigenvalue weighted by Crippen LogP contribution is 2.23. The maximum Gasteiger partial charge on any atom is 0.309 e. The van der Waals surface area contributed by atoms with Crippen molar-refractivity contribution in [3.05, 3.63) is 38.9 Å². The molecule has 0 heterocycles. The quantitative estimate of drug-likeness (QED) is 0.459. The van der Waals surface area contributed by atoms with Crippen LogP contribution >= 0.6 is 11.6 Å². The number of halogens is 1. The van der Waals surface area contributed by atoms with Gasteiger partial charge in [0, 0.05) is 18.7 Å². The maximum atomic E-state index is 10.9.